The van der Waals surface area contributed by atoms with Gasteiger partial charge in [0.15, 0.2) is 5.96 Å². The summed E-state index contributed by atoms with van der Waals surface area (Å²) in [4.78, 5) is 19.5. The van der Waals surface area contributed by atoms with Gasteiger partial charge in [0.25, 0.3) is 0 Å². The molecule has 2 saturated carbocycles. The highest BCUT2D eigenvalue weighted by Gasteiger charge is 2.42. The highest BCUT2D eigenvalue weighted by Crippen LogP contribution is 2.41. The Balaban J connectivity index is 0.00000420. The van der Waals surface area contributed by atoms with Crippen LogP contribution in [0.15, 0.2) is 4.99 Å². The first-order valence-electron chi connectivity index (χ1n) is 11.3. The Kier molecular flexibility index (Phi) is 11.8. The number of carbonyl (C=O) groups excluding carboxylic acids is 1. The molecule has 0 bridgehead atoms. The Labute approximate surface area is 195 Å². The van der Waals surface area contributed by atoms with Crippen LogP contribution in [0, 0.1) is 10.8 Å². The molecule has 0 aromatic heterocycles. The molecule has 0 aromatic rings. The molecule has 2 aliphatic rings. The maximum atomic E-state index is 12.8. The van der Waals surface area contributed by atoms with E-state index in [0.29, 0.717) is 6.54 Å². The maximum Gasteiger partial charge on any atom is 0.230 e. The van der Waals surface area contributed by atoms with Gasteiger partial charge in [-0.15, -0.1) is 24.0 Å². The number of nitrogens with zero attached hydrogens (tertiary/aromatic N) is 2. The second-order valence-electron chi connectivity index (χ2n) is 8.89. The Morgan fingerprint density at radius 1 is 1.03 bits per heavy atom. The molecule has 0 aromatic carbocycles. The first-order valence-corrected chi connectivity index (χ1v) is 11.3. The molecule has 0 heterocycles. The molecule has 0 unspecified atom stereocenters. The van der Waals surface area contributed by atoms with Gasteiger partial charge in [0.1, 0.15) is 0 Å². The van der Waals surface area contributed by atoms with Crippen molar-refractivity contribution in [3.05, 3.63) is 0 Å². The first kappa shape index (κ1) is 26.5. The Morgan fingerprint density at radius 3 is 2.21 bits per heavy atom. The first-order chi connectivity index (χ1) is 13.5. The standard InChI is InChI=1S/C22H42N4O2.HI/c1-5-23-20(24-17-21(11-7-8-12-21)15-16-28-6-2)25-18-22(13-9-10-14-22)19(27)26(3)4;/h5-18H2,1-4H3,(H2,23,24,25);1H. The topological polar surface area (TPSA) is 66.0 Å². The lowest BCUT2D eigenvalue weighted by Gasteiger charge is -2.32. The van der Waals surface area contributed by atoms with E-state index in [2.05, 4.69) is 24.5 Å². The molecule has 0 atom stereocenters. The summed E-state index contributed by atoms with van der Waals surface area (Å²) in [7, 11) is 3.73. The molecule has 29 heavy (non-hydrogen) atoms. The average molecular weight is 523 g/mol. The molecular weight excluding hydrogens is 479 g/mol. The van der Waals surface area contributed by atoms with Crippen LogP contribution < -0.4 is 10.6 Å². The summed E-state index contributed by atoms with van der Waals surface area (Å²) in [6, 6.07) is 0. The maximum absolute atomic E-state index is 12.8. The fraction of sp³-hybridized carbons (Fsp3) is 0.909. The van der Waals surface area contributed by atoms with Crippen LogP contribution in [0.1, 0.15) is 71.6 Å². The van der Waals surface area contributed by atoms with Crippen molar-refractivity contribution in [2.45, 2.75) is 71.6 Å². The highest BCUT2D eigenvalue weighted by atomic mass is 127. The number of halogens is 1. The van der Waals surface area contributed by atoms with Crippen molar-refractivity contribution in [1.82, 2.24) is 15.5 Å². The molecule has 170 valence electrons. The van der Waals surface area contributed by atoms with Crippen LogP contribution in [-0.4, -0.2) is 63.7 Å². The van der Waals surface area contributed by atoms with Gasteiger partial charge in [-0.3, -0.25) is 9.79 Å². The zero-order valence-electron chi connectivity index (χ0n) is 19.0. The van der Waals surface area contributed by atoms with Gasteiger partial charge < -0.3 is 20.3 Å². The third kappa shape index (κ3) is 7.56. The summed E-state index contributed by atoms with van der Waals surface area (Å²) < 4.78 is 5.63. The number of carbonyl (C=O) groups is 1. The molecule has 7 heteroatoms. The molecule has 0 saturated heterocycles. The number of amides is 1. The zero-order chi connectivity index (χ0) is 20.5. The Morgan fingerprint density at radius 2 is 1.66 bits per heavy atom. The van der Waals surface area contributed by atoms with Gasteiger partial charge in [-0.25, -0.2) is 0 Å². The fourth-order valence-electron chi connectivity index (χ4n) is 4.88. The Hall–Kier alpha value is -0.570. The lowest BCUT2D eigenvalue weighted by Crippen LogP contribution is -2.49. The van der Waals surface area contributed by atoms with Gasteiger partial charge in [-0.2, -0.15) is 0 Å². The number of ether oxygens (including phenoxy) is 1. The lowest BCUT2D eigenvalue weighted by atomic mass is 9.83. The van der Waals surface area contributed by atoms with E-state index in [9.17, 15) is 4.79 Å². The summed E-state index contributed by atoms with van der Waals surface area (Å²) in [5.41, 5.74) is 0.00171. The van der Waals surface area contributed by atoms with Crippen LogP contribution in [0.5, 0.6) is 0 Å². The van der Waals surface area contributed by atoms with Crippen LogP contribution in [0.25, 0.3) is 0 Å². The number of hydrogen-bond donors (Lipinski definition) is 2. The molecule has 2 rings (SSSR count). The van der Waals surface area contributed by atoms with Gasteiger partial charge in [0.2, 0.25) is 5.91 Å². The summed E-state index contributed by atoms with van der Waals surface area (Å²) in [6.07, 6.45) is 10.4. The zero-order valence-corrected chi connectivity index (χ0v) is 21.3. The third-order valence-corrected chi connectivity index (χ3v) is 6.58. The number of rotatable bonds is 10. The molecule has 6 nitrogen and oxygen atoms in total. The number of aliphatic imine (C=N–C) groups is 1. The monoisotopic (exact) mass is 522 g/mol. The van der Waals surface area contributed by atoms with Crippen LogP contribution in [0.3, 0.4) is 0 Å². The lowest BCUT2D eigenvalue weighted by molar-refractivity contribution is -0.138. The molecule has 0 radical (unpaired) electrons. The number of nitrogens with one attached hydrogen (secondary N) is 2. The third-order valence-electron chi connectivity index (χ3n) is 6.58. The summed E-state index contributed by atoms with van der Waals surface area (Å²) in [6.45, 7) is 8.09. The predicted octanol–water partition coefficient (Wildman–Crippen LogP) is 3.80. The van der Waals surface area contributed by atoms with Gasteiger partial charge in [-0.1, -0.05) is 25.7 Å². The average Bonchev–Trinajstić information content (AvgIpc) is 3.34. The van der Waals surface area contributed by atoms with E-state index in [0.717, 1.165) is 64.4 Å². The SMILES string of the molecule is CCNC(=NCC1(CCOCC)CCCC1)NCC1(C(=O)N(C)C)CCCC1.I. The summed E-state index contributed by atoms with van der Waals surface area (Å²) in [5.74, 6) is 1.10. The smallest absolute Gasteiger partial charge is 0.230 e. The van der Waals surface area contributed by atoms with Gasteiger partial charge >= 0.3 is 0 Å². The second-order valence-corrected chi connectivity index (χ2v) is 8.89. The van der Waals surface area contributed by atoms with Crippen LogP contribution in [-0.2, 0) is 9.53 Å². The highest BCUT2D eigenvalue weighted by molar-refractivity contribution is 14.0. The number of guanidine groups is 1. The van der Waals surface area contributed by atoms with E-state index < -0.39 is 0 Å². The second kappa shape index (κ2) is 13.0. The van der Waals surface area contributed by atoms with E-state index >= 15 is 0 Å². The largest absolute Gasteiger partial charge is 0.382 e. The minimum atomic E-state index is -0.278. The van der Waals surface area contributed by atoms with Crippen LogP contribution in [0.4, 0.5) is 0 Å². The van der Waals surface area contributed by atoms with E-state index in [1.54, 1.807) is 4.90 Å². The molecule has 2 aliphatic carbocycles. The Bertz CT molecular complexity index is 513. The van der Waals surface area contributed by atoms with Crippen molar-refractivity contribution in [2.75, 3.05) is 46.9 Å². The van der Waals surface area contributed by atoms with Gasteiger partial charge in [0.05, 0.1) is 5.41 Å². The van der Waals surface area contributed by atoms with E-state index in [-0.39, 0.29) is 40.7 Å². The minimum absolute atomic E-state index is 0. The van der Waals surface area contributed by atoms with Crippen molar-refractivity contribution in [1.29, 1.82) is 0 Å². The van der Waals surface area contributed by atoms with E-state index in [1.807, 2.05) is 14.1 Å². The van der Waals surface area contributed by atoms with Crippen molar-refractivity contribution in [3.8, 4) is 0 Å². The van der Waals surface area contributed by atoms with Gasteiger partial charge in [0, 0.05) is 46.9 Å². The van der Waals surface area contributed by atoms with Crippen molar-refractivity contribution in [2.24, 2.45) is 15.8 Å². The molecule has 2 N–H and O–H groups in total. The van der Waals surface area contributed by atoms with Gasteiger partial charge in [-0.05, 0) is 51.4 Å². The molecule has 1 amide bonds. The van der Waals surface area contributed by atoms with E-state index in [1.165, 1.54) is 25.7 Å². The number of hydrogen-bond acceptors (Lipinski definition) is 3. The molecule has 2 fully saturated rings. The van der Waals surface area contributed by atoms with Crippen LogP contribution in [0.2, 0.25) is 0 Å². The van der Waals surface area contributed by atoms with Crippen molar-refractivity contribution in [3.63, 3.8) is 0 Å². The van der Waals surface area contributed by atoms with Crippen molar-refractivity contribution < 1.29 is 9.53 Å². The normalized spacial score (nSPS) is 20.2. The minimum Gasteiger partial charge on any atom is -0.382 e. The van der Waals surface area contributed by atoms with Crippen LogP contribution >= 0.6 is 24.0 Å². The van der Waals surface area contributed by atoms with Crippen molar-refractivity contribution >= 4 is 35.8 Å². The quantitative estimate of drug-likeness (QED) is 0.198. The van der Waals surface area contributed by atoms with E-state index in [4.69, 9.17) is 9.73 Å². The fourth-order valence-corrected chi connectivity index (χ4v) is 4.88. The predicted molar refractivity (Wildman–Crippen MR) is 131 cm³/mol. The molecule has 0 spiro atoms. The summed E-state index contributed by atoms with van der Waals surface area (Å²) in [5, 5.41) is 6.89. The molecule has 0 aliphatic heterocycles. The molecular formula is C22H43IN4O2. The summed E-state index contributed by atoms with van der Waals surface area (Å²) >= 11 is 0.